The summed E-state index contributed by atoms with van der Waals surface area (Å²) in [4.78, 5) is 16.8. The summed E-state index contributed by atoms with van der Waals surface area (Å²) in [6.07, 6.45) is 0.431. The van der Waals surface area contributed by atoms with Crippen LogP contribution in [0.25, 0.3) is 11.3 Å². The number of thiazole rings is 1. The van der Waals surface area contributed by atoms with Crippen LogP contribution in [0.15, 0.2) is 47.8 Å². The fourth-order valence-corrected chi connectivity index (χ4v) is 5.71. The monoisotopic (exact) mass is 442 g/mol. The van der Waals surface area contributed by atoms with Crippen LogP contribution in [-0.2, 0) is 20.4 Å². The molecule has 1 aromatic heterocycles. The number of carbonyl (C=O) groups excluding carboxylic acids is 1. The summed E-state index contributed by atoms with van der Waals surface area (Å²) in [7, 11) is -3.24. The summed E-state index contributed by atoms with van der Waals surface area (Å²) in [6, 6.07) is 13.3. The maximum absolute atomic E-state index is 12.2. The Hall–Kier alpha value is -2.51. The van der Waals surface area contributed by atoms with Gasteiger partial charge >= 0.3 is 0 Å². The molecule has 0 saturated heterocycles. The second-order valence-corrected chi connectivity index (χ2v) is 10.6. The van der Waals surface area contributed by atoms with Crippen molar-refractivity contribution in [1.82, 2.24) is 4.98 Å². The smallest absolute Gasteiger partial charge is 0.226 e. The lowest BCUT2D eigenvalue weighted by molar-refractivity contribution is -0.116. The van der Waals surface area contributed by atoms with Crippen LogP contribution in [0.4, 0.5) is 5.13 Å². The average Bonchev–Trinajstić information content (AvgIpc) is 3.08. The van der Waals surface area contributed by atoms with E-state index in [2.05, 4.69) is 43.2 Å². The summed E-state index contributed by atoms with van der Waals surface area (Å²) < 4.78 is 24.5. The van der Waals surface area contributed by atoms with E-state index in [0.29, 0.717) is 5.13 Å². The third-order valence-corrected chi connectivity index (χ3v) is 7.21. The molecule has 0 spiro atoms. The normalized spacial score (nSPS) is 11.4. The van der Waals surface area contributed by atoms with Crippen molar-refractivity contribution >= 4 is 32.2 Å². The molecular formula is C23H26N2O3S2. The van der Waals surface area contributed by atoms with Gasteiger partial charge < -0.3 is 5.32 Å². The van der Waals surface area contributed by atoms with E-state index in [1.165, 1.54) is 16.9 Å². The molecule has 1 heterocycles. The number of nitrogens with one attached hydrogen (secondary N) is 1. The van der Waals surface area contributed by atoms with Crippen molar-refractivity contribution in [3.05, 3.63) is 70.1 Å². The van der Waals surface area contributed by atoms with Gasteiger partial charge in [-0.15, -0.1) is 11.3 Å². The molecule has 0 radical (unpaired) electrons. The highest BCUT2D eigenvalue weighted by Crippen LogP contribution is 2.31. The zero-order chi connectivity index (χ0) is 21.7. The first-order chi connectivity index (χ1) is 14.2. The topological polar surface area (TPSA) is 76.1 Å². The maximum Gasteiger partial charge on any atom is 0.226 e. The number of hydrogen-bond donors (Lipinski definition) is 1. The molecule has 0 saturated carbocycles. The Morgan fingerprint density at radius 1 is 1.07 bits per heavy atom. The van der Waals surface area contributed by atoms with E-state index in [0.717, 1.165) is 27.9 Å². The van der Waals surface area contributed by atoms with Crippen molar-refractivity contribution in [2.45, 2.75) is 39.4 Å². The van der Waals surface area contributed by atoms with Crippen LogP contribution in [0.1, 0.15) is 35.1 Å². The van der Waals surface area contributed by atoms with Gasteiger partial charge in [-0.3, -0.25) is 4.79 Å². The van der Waals surface area contributed by atoms with Gasteiger partial charge in [-0.2, -0.15) is 0 Å². The zero-order valence-corrected chi connectivity index (χ0v) is 19.1. The molecule has 0 aliphatic carbocycles. The summed E-state index contributed by atoms with van der Waals surface area (Å²) in [5.74, 6) is -0.232. The zero-order valence-electron chi connectivity index (χ0n) is 17.4. The second-order valence-electron chi connectivity index (χ2n) is 7.54. The van der Waals surface area contributed by atoms with E-state index in [1.807, 2.05) is 23.6 Å². The van der Waals surface area contributed by atoms with Gasteiger partial charge in [0.05, 0.1) is 17.2 Å². The van der Waals surface area contributed by atoms with Crippen molar-refractivity contribution in [1.29, 1.82) is 0 Å². The number of amides is 1. The molecule has 1 N–H and O–H groups in total. The maximum atomic E-state index is 12.2. The lowest BCUT2D eigenvalue weighted by Crippen LogP contribution is -2.15. The number of nitrogens with zero attached hydrogens (tertiary/aromatic N) is 1. The van der Waals surface area contributed by atoms with Gasteiger partial charge in [-0.25, -0.2) is 13.4 Å². The predicted octanol–water partition coefficient (Wildman–Crippen LogP) is 5.07. The quantitative estimate of drug-likeness (QED) is 0.528. The third-order valence-electron chi connectivity index (χ3n) is 4.77. The van der Waals surface area contributed by atoms with Crippen molar-refractivity contribution < 1.29 is 13.2 Å². The Morgan fingerprint density at radius 3 is 2.40 bits per heavy atom. The van der Waals surface area contributed by atoms with E-state index in [1.54, 1.807) is 12.1 Å². The summed E-state index contributed by atoms with van der Waals surface area (Å²) in [5, 5.41) is 5.26. The Morgan fingerprint density at radius 2 is 1.73 bits per heavy atom. The van der Waals surface area contributed by atoms with E-state index in [4.69, 9.17) is 0 Å². The highest BCUT2D eigenvalue weighted by atomic mass is 32.2. The molecule has 0 atom stereocenters. The van der Waals surface area contributed by atoms with Gasteiger partial charge in [-0.1, -0.05) is 48.0 Å². The van der Waals surface area contributed by atoms with Gasteiger partial charge in [0, 0.05) is 17.4 Å². The number of benzene rings is 2. The molecule has 3 rings (SSSR count). The fraction of sp³-hybridized carbons (Fsp3) is 0.304. The SMILES string of the molecule is Cc1cc(C)c(-c2csc(NC(=O)CCCS(=O)(=O)Cc3ccccc3)n2)c(C)c1. The van der Waals surface area contributed by atoms with E-state index in [9.17, 15) is 13.2 Å². The second kappa shape index (κ2) is 9.53. The molecule has 3 aromatic rings. The van der Waals surface area contributed by atoms with Crippen LogP contribution in [0.3, 0.4) is 0 Å². The van der Waals surface area contributed by atoms with Crippen LogP contribution in [0, 0.1) is 20.8 Å². The van der Waals surface area contributed by atoms with Crippen LogP contribution < -0.4 is 5.32 Å². The molecule has 158 valence electrons. The van der Waals surface area contributed by atoms with E-state index in [-0.39, 0.29) is 30.3 Å². The number of aromatic nitrogens is 1. The first kappa shape index (κ1) is 22.2. The number of anilines is 1. The fourth-order valence-electron chi connectivity index (χ4n) is 3.56. The van der Waals surface area contributed by atoms with Gasteiger partial charge in [0.1, 0.15) is 0 Å². The summed E-state index contributed by atoms with van der Waals surface area (Å²) in [6.45, 7) is 6.18. The number of aryl methyl sites for hydroxylation is 3. The highest BCUT2D eigenvalue weighted by molar-refractivity contribution is 7.90. The van der Waals surface area contributed by atoms with Crippen molar-refractivity contribution in [3.8, 4) is 11.3 Å². The first-order valence-corrected chi connectivity index (χ1v) is 12.5. The molecule has 30 heavy (non-hydrogen) atoms. The number of hydrogen-bond acceptors (Lipinski definition) is 5. The molecule has 1 amide bonds. The molecule has 0 fully saturated rings. The Balaban J connectivity index is 1.54. The van der Waals surface area contributed by atoms with Crippen molar-refractivity contribution in [2.24, 2.45) is 0 Å². The molecular weight excluding hydrogens is 416 g/mol. The minimum atomic E-state index is -3.24. The molecule has 5 nitrogen and oxygen atoms in total. The Labute approximate surface area is 182 Å². The van der Waals surface area contributed by atoms with Crippen LogP contribution in [0.5, 0.6) is 0 Å². The van der Waals surface area contributed by atoms with Gasteiger partial charge in [0.15, 0.2) is 15.0 Å². The standard InChI is InChI=1S/C23H26N2O3S2/c1-16-12-17(2)22(18(3)13-16)20-14-29-23(24-20)25-21(26)10-7-11-30(27,28)15-19-8-5-4-6-9-19/h4-6,8-9,12-14H,7,10-11,15H2,1-3H3,(H,24,25,26). The lowest BCUT2D eigenvalue weighted by atomic mass is 9.98. The number of carbonyl (C=O) groups is 1. The molecule has 0 unspecified atom stereocenters. The van der Waals surface area contributed by atoms with Crippen LogP contribution >= 0.6 is 11.3 Å². The Kier molecular flexibility index (Phi) is 7.05. The Bertz CT molecular complexity index is 1110. The van der Waals surface area contributed by atoms with Crippen molar-refractivity contribution in [3.63, 3.8) is 0 Å². The van der Waals surface area contributed by atoms with Gasteiger partial charge in [0.2, 0.25) is 5.91 Å². The van der Waals surface area contributed by atoms with Gasteiger partial charge in [0.25, 0.3) is 0 Å². The first-order valence-electron chi connectivity index (χ1n) is 9.81. The molecule has 0 bridgehead atoms. The molecule has 2 aromatic carbocycles. The third kappa shape index (κ3) is 6.00. The molecule has 0 aliphatic rings. The number of rotatable bonds is 8. The summed E-state index contributed by atoms with van der Waals surface area (Å²) in [5.41, 5.74) is 6.21. The number of sulfone groups is 1. The molecule has 0 aliphatic heterocycles. The molecule has 7 heteroatoms. The minimum absolute atomic E-state index is 0.000547. The average molecular weight is 443 g/mol. The van der Waals surface area contributed by atoms with E-state index >= 15 is 0 Å². The minimum Gasteiger partial charge on any atom is -0.302 e. The highest BCUT2D eigenvalue weighted by Gasteiger charge is 2.15. The lowest BCUT2D eigenvalue weighted by Gasteiger charge is -2.08. The van der Waals surface area contributed by atoms with Gasteiger partial charge in [-0.05, 0) is 43.9 Å². The van der Waals surface area contributed by atoms with Crippen molar-refractivity contribution in [2.75, 3.05) is 11.1 Å². The van der Waals surface area contributed by atoms with Crippen LogP contribution in [-0.4, -0.2) is 25.1 Å². The van der Waals surface area contributed by atoms with E-state index < -0.39 is 9.84 Å². The predicted molar refractivity (Wildman–Crippen MR) is 124 cm³/mol. The largest absolute Gasteiger partial charge is 0.302 e. The van der Waals surface area contributed by atoms with Crippen LogP contribution in [0.2, 0.25) is 0 Å². The summed E-state index contributed by atoms with van der Waals surface area (Å²) >= 11 is 1.37.